The van der Waals surface area contributed by atoms with E-state index in [9.17, 15) is 9.90 Å². The van der Waals surface area contributed by atoms with Gasteiger partial charge in [-0.3, -0.25) is 4.79 Å². The first kappa shape index (κ1) is 15.8. The third kappa shape index (κ3) is 2.77. The molecule has 1 N–H and O–H groups in total. The number of hydrogen-bond donors (Lipinski definition) is 1. The fraction of sp³-hybridized carbons (Fsp3) is 0.350. The molecule has 3 heteroatoms. The molecular formula is C20H23NO2. The van der Waals surface area contributed by atoms with Crippen LogP contribution in [0.15, 0.2) is 60.7 Å². The Bertz CT molecular complexity index is 614. The van der Waals surface area contributed by atoms with Crippen LogP contribution in [0.4, 0.5) is 0 Å². The van der Waals surface area contributed by atoms with Gasteiger partial charge in [0.1, 0.15) is 5.60 Å². The van der Waals surface area contributed by atoms with Crippen LogP contribution in [-0.4, -0.2) is 28.5 Å². The molecule has 1 atom stereocenters. The topological polar surface area (TPSA) is 40.5 Å². The maximum atomic E-state index is 12.3. The van der Waals surface area contributed by atoms with Crippen molar-refractivity contribution in [1.82, 2.24) is 4.90 Å². The molecule has 0 saturated carbocycles. The largest absolute Gasteiger partial charge is 0.378 e. The van der Waals surface area contributed by atoms with Crippen LogP contribution < -0.4 is 0 Å². The summed E-state index contributed by atoms with van der Waals surface area (Å²) in [7, 11) is 0. The van der Waals surface area contributed by atoms with Crippen LogP contribution >= 0.6 is 0 Å². The highest BCUT2D eigenvalue weighted by Crippen LogP contribution is 2.40. The molecule has 1 saturated heterocycles. The summed E-state index contributed by atoms with van der Waals surface area (Å²) in [5.74, 6) is 0.109. The first-order chi connectivity index (χ1) is 11.2. The predicted octanol–water partition coefficient (Wildman–Crippen LogP) is 3.32. The molecule has 23 heavy (non-hydrogen) atoms. The highest BCUT2D eigenvalue weighted by molar-refractivity contribution is 5.76. The standard InChI is InChI=1S/C20H23NO2/c1-2-19(22)21-15-9-14-18(21)20(23,16-10-5-3-6-11-16)17-12-7-4-8-13-17/h3-8,10-13,18,23H,2,9,14-15H2,1H3/t18-/m0/s1. The molecule has 120 valence electrons. The predicted molar refractivity (Wildman–Crippen MR) is 90.9 cm³/mol. The molecule has 0 spiro atoms. The van der Waals surface area contributed by atoms with Crippen LogP contribution in [-0.2, 0) is 10.4 Å². The second-order valence-electron chi connectivity index (χ2n) is 6.10. The average molecular weight is 309 g/mol. The van der Waals surface area contributed by atoms with Gasteiger partial charge in [-0.25, -0.2) is 0 Å². The molecule has 1 aliphatic rings. The second-order valence-corrected chi connectivity index (χ2v) is 6.10. The van der Waals surface area contributed by atoms with Gasteiger partial charge in [0.15, 0.2) is 0 Å². The summed E-state index contributed by atoms with van der Waals surface area (Å²) in [4.78, 5) is 14.2. The summed E-state index contributed by atoms with van der Waals surface area (Å²) < 4.78 is 0. The normalized spacial score (nSPS) is 18.2. The van der Waals surface area contributed by atoms with Gasteiger partial charge < -0.3 is 10.0 Å². The van der Waals surface area contributed by atoms with Crippen molar-refractivity contribution in [1.29, 1.82) is 0 Å². The van der Waals surface area contributed by atoms with Crippen molar-refractivity contribution in [2.24, 2.45) is 0 Å². The van der Waals surface area contributed by atoms with Gasteiger partial charge in [0.05, 0.1) is 6.04 Å². The van der Waals surface area contributed by atoms with Crippen molar-refractivity contribution in [3.05, 3.63) is 71.8 Å². The number of hydrogen-bond acceptors (Lipinski definition) is 2. The molecule has 1 aliphatic heterocycles. The smallest absolute Gasteiger partial charge is 0.222 e. The van der Waals surface area contributed by atoms with Gasteiger partial charge in [0, 0.05) is 13.0 Å². The SMILES string of the molecule is CCC(=O)N1CCC[C@H]1C(O)(c1ccccc1)c1ccccc1. The molecule has 0 aromatic heterocycles. The van der Waals surface area contributed by atoms with Gasteiger partial charge >= 0.3 is 0 Å². The lowest BCUT2D eigenvalue weighted by molar-refractivity contribution is -0.136. The molecule has 0 bridgehead atoms. The maximum absolute atomic E-state index is 12.3. The van der Waals surface area contributed by atoms with Crippen LogP contribution in [0.5, 0.6) is 0 Å². The molecular weight excluding hydrogens is 286 g/mol. The number of likely N-dealkylation sites (tertiary alicyclic amines) is 1. The van der Waals surface area contributed by atoms with Gasteiger partial charge in [0.2, 0.25) is 5.91 Å². The van der Waals surface area contributed by atoms with Crippen LogP contribution in [0.25, 0.3) is 0 Å². The Morgan fingerprint density at radius 2 is 1.61 bits per heavy atom. The molecule has 3 rings (SSSR count). The fourth-order valence-electron chi connectivity index (χ4n) is 3.64. The Morgan fingerprint density at radius 3 is 2.09 bits per heavy atom. The third-order valence-electron chi connectivity index (χ3n) is 4.79. The zero-order valence-corrected chi connectivity index (χ0v) is 13.5. The summed E-state index contributed by atoms with van der Waals surface area (Å²) >= 11 is 0. The Kier molecular flexibility index (Phi) is 4.49. The van der Waals surface area contributed by atoms with Gasteiger partial charge in [-0.1, -0.05) is 67.6 Å². The summed E-state index contributed by atoms with van der Waals surface area (Å²) in [5.41, 5.74) is 0.503. The van der Waals surface area contributed by atoms with Crippen LogP contribution in [0.3, 0.4) is 0 Å². The highest BCUT2D eigenvalue weighted by Gasteiger charge is 2.46. The van der Waals surface area contributed by atoms with Gasteiger partial charge in [-0.2, -0.15) is 0 Å². The Morgan fingerprint density at radius 1 is 1.09 bits per heavy atom. The molecule has 2 aromatic carbocycles. The molecule has 1 fully saturated rings. The number of amides is 1. The van der Waals surface area contributed by atoms with E-state index < -0.39 is 5.60 Å². The van der Waals surface area contributed by atoms with Crippen LogP contribution in [0.1, 0.15) is 37.3 Å². The lowest BCUT2D eigenvalue weighted by Crippen LogP contribution is -2.50. The van der Waals surface area contributed by atoms with Gasteiger partial charge in [-0.15, -0.1) is 0 Å². The number of carbonyl (C=O) groups is 1. The molecule has 1 heterocycles. The van der Waals surface area contributed by atoms with E-state index in [-0.39, 0.29) is 11.9 Å². The average Bonchev–Trinajstić information content (AvgIpc) is 3.12. The number of aliphatic hydroxyl groups is 1. The summed E-state index contributed by atoms with van der Waals surface area (Å²) in [6.07, 6.45) is 2.21. The minimum Gasteiger partial charge on any atom is -0.378 e. The lowest BCUT2D eigenvalue weighted by Gasteiger charge is -2.40. The van der Waals surface area contributed by atoms with Crippen molar-refractivity contribution in [3.8, 4) is 0 Å². The van der Waals surface area contributed by atoms with E-state index in [1.165, 1.54) is 0 Å². The number of rotatable bonds is 4. The Hall–Kier alpha value is -2.13. The molecule has 0 radical (unpaired) electrons. The van der Waals surface area contributed by atoms with E-state index in [0.717, 1.165) is 30.5 Å². The monoisotopic (exact) mass is 309 g/mol. The number of benzene rings is 2. The van der Waals surface area contributed by atoms with E-state index in [1.807, 2.05) is 72.5 Å². The number of carbonyl (C=O) groups excluding carboxylic acids is 1. The minimum atomic E-state index is -1.18. The Labute approximate surface area is 137 Å². The van der Waals surface area contributed by atoms with Crippen molar-refractivity contribution in [2.45, 2.75) is 37.8 Å². The van der Waals surface area contributed by atoms with Gasteiger partial charge in [0.25, 0.3) is 0 Å². The van der Waals surface area contributed by atoms with E-state index in [1.54, 1.807) is 0 Å². The van der Waals surface area contributed by atoms with Gasteiger partial charge in [-0.05, 0) is 24.0 Å². The van der Waals surface area contributed by atoms with E-state index >= 15 is 0 Å². The quantitative estimate of drug-likeness (QED) is 0.941. The minimum absolute atomic E-state index is 0.109. The van der Waals surface area contributed by atoms with Crippen molar-refractivity contribution >= 4 is 5.91 Å². The fourth-order valence-corrected chi connectivity index (χ4v) is 3.64. The summed E-state index contributed by atoms with van der Waals surface area (Å²) in [5, 5.41) is 11.8. The lowest BCUT2D eigenvalue weighted by atomic mass is 9.79. The van der Waals surface area contributed by atoms with Crippen molar-refractivity contribution in [3.63, 3.8) is 0 Å². The first-order valence-corrected chi connectivity index (χ1v) is 8.30. The van der Waals surface area contributed by atoms with E-state index in [4.69, 9.17) is 0 Å². The Balaban J connectivity index is 2.11. The van der Waals surface area contributed by atoms with Crippen LogP contribution in [0.2, 0.25) is 0 Å². The molecule has 3 nitrogen and oxygen atoms in total. The van der Waals surface area contributed by atoms with Crippen LogP contribution in [0, 0.1) is 0 Å². The van der Waals surface area contributed by atoms with E-state index in [2.05, 4.69) is 0 Å². The van der Waals surface area contributed by atoms with Crippen molar-refractivity contribution in [2.75, 3.05) is 6.54 Å². The highest BCUT2D eigenvalue weighted by atomic mass is 16.3. The zero-order valence-electron chi connectivity index (χ0n) is 13.5. The molecule has 0 aliphatic carbocycles. The number of nitrogens with zero attached hydrogens (tertiary/aromatic N) is 1. The zero-order chi connectivity index (χ0) is 16.3. The molecule has 2 aromatic rings. The molecule has 1 amide bonds. The maximum Gasteiger partial charge on any atom is 0.222 e. The van der Waals surface area contributed by atoms with E-state index in [0.29, 0.717) is 6.42 Å². The van der Waals surface area contributed by atoms with Crippen molar-refractivity contribution < 1.29 is 9.90 Å². The molecule has 0 unspecified atom stereocenters. The summed E-state index contributed by atoms with van der Waals surface area (Å²) in [6, 6.07) is 19.2. The third-order valence-corrected chi connectivity index (χ3v) is 4.79. The first-order valence-electron chi connectivity index (χ1n) is 8.30. The second kappa shape index (κ2) is 6.55. The summed E-state index contributed by atoms with van der Waals surface area (Å²) in [6.45, 7) is 2.60.